The van der Waals surface area contributed by atoms with Crippen molar-refractivity contribution >= 4 is 16.3 Å². The zero-order valence-corrected chi connectivity index (χ0v) is 8.02. The molecular formula is C9H10N3S. The maximum Gasteiger partial charge on any atom is 0.104 e. The molecule has 0 unspecified atom stereocenters. The number of nitrogens with zero attached hydrogens (tertiary/aromatic N) is 2. The molecule has 0 fully saturated rings. The molecular weight excluding hydrogens is 182 g/mol. The Morgan fingerprint density at radius 3 is 2.69 bits per heavy atom. The van der Waals surface area contributed by atoms with E-state index in [4.69, 9.17) is 11.0 Å². The van der Waals surface area contributed by atoms with Crippen LogP contribution in [-0.4, -0.2) is 0 Å². The largest absolute Gasteiger partial charge is 0.389 e. The molecule has 0 atom stereocenters. The van der Waals surface area contributed by atoms with E-state index in [9.17, 15) is 0 Å². The lowest BCUT2D eigenvalue weighted by Crippen LogP contribution is -1.99. The van der Waals surface area contributed by atoms with Crippen molar-refractivity contribution in [1.82, 2.24) is 6.15 Å². The summed E-state index contributed by atoms with van der Waals surface area (Å²) in [6.07, 6.45) is 4.62. The van der Waals surface area contributed by atoms with E-state index < -0.39 is 0 Å². The van der Waals surface area contributed by atoms with Crippen LogP contribution in [-0.2, 0) is 12.8 Å². The molecule has 13 heavy (non-hydrogen) atoms. The molecule has 1 aromatic heterocycles. The SMILES string of the molecule is N#Cc1c(N)sc2c1CCCC2.[N]. The summed E-state index contributed by atoms with van der Waals surface area (Å²) < 4.78 is 0. The molecule has 4 heteroatoms. The van der Waals surface area contributed by atoms with Gasteiger partial charge in [-0.1, -0.05) is 0 Å². The van der Waals surface area contributed by atoms with Crippen molar-refractivity contribution in [2.24, 2.45) is 0 Å². The highest BCUT2D eigenvalue weighted by Gasteiger charge is 2.18. The number of rotatable bonds is 0. The Morgan fingerprint density at radius 2 is 2.00 bits per heavy atom. The molecule has 0 saturated heterocycles. The first-order valence-electron chi connectivity index (χ1n) is 4.13. The van der Waals surface area contributed by atoms with E-state index >= 15 is 0 Å². The Kier molecular flexibility index (Phi) is 2.91. The average molecular weight is 192 g/mol. The third kappa shape index (κ3) is 1.53. The maximum absolute atomic E-state index is 8.84. The van der Waals surface area contributed by atoms with Crippen LogP contribution in [0.5, 0.6) is 0 Å². The molecule has 0 bridgehead atoms. The monoisotopic (exact) mass is 192 g/mol. The van der Waals surface area contributed by atoms with Crippen LogP contribution in [0.25, 0.3) is 0 Å². The quantitative estimate of drug-likeness (QED) is 0.677. The molecule has 1 aliphatic carbocycles. The van der Waals surface area contributed by atoms with Crippen molar-refractivity contribution in [3.8, 4) is 6.07 Å². The normalized spacial score (nSPS) is 14.1. The van der Waals surface area contributed by atoms with Gasteiger partial charge in [0.05, 0.1) is 5.56 Å². The molecule has 3 nitrogen and oxygen atoms in total. The van der Waals surface area contributed by atoms with E-state index in [1.807, 2.05) is 0 Å². The van der Waals surface area contributed by atoms with Gasteiger partial charge in [0.15, 0.2) is 0 Å². The van der Waals surface area contributed by atoms with E-state index in [-0.39, 0.29) is 6.15 Å². The molecule has 2 N–H and O–H groups in total. The van der Waals surface area contributed by atoms with E-state index in [2.05, 4.69) is 6.07 Å². The third-order valence-electron chi connectivity index (χ3n) is 2.31. The predicted molar refractivity (Wildman–Crippen MR) is 52.2 cm³/mol. The minimum Gasteiger partial charge on any atom is -0.389 e. The van der Waals surface area contributed by atoms with E-state index in [1.54, 1.807) is 11.3 Å². The van der Waals surface area contributed by atoms with Gasteiger partial charge in [-0.2, -0.15) is 5.26 Å². The zero-order valence-electron chi connectivity index (χ0n) is 7.21. The highest BCUT2D eigenvalue weighted by atomic mass is 32.1. The van der Waals surface area contributed by atoms with Crippen LogP contribution < -0.4 is 11.9 Å². The van der Waals surface area contributed by atoms with Crippen LogP contribution in [0.15, 0.2) is 0 Å². The summed E-state index contributed by atoms with van der Waals surface area (Å²) in [6.45, 7) is 0. The number of nitrogens with two attached hydrogens (primary N) is 1. The summed E-state index contributed by atoms with van der Waals surface area (Å²) in [5.74, 6) is 0. The number of hydrogen-bond donors (Lipinski definition) is 1. The number of nitrogen functional groups attached to an aromatic ring is 1. The number of fused-ring (bicyclic) bond motifs is 1. The maximum atomic E-state index is 8.84. The smallest absolute Gasteiger partial charge is 0.104 e. The van der Waals surface area contributed by atoms with Gasteiger partial charge in [-0.15, -0.1) is 11.3 Å². The van der Waals surface area contributed by atoms with Crippen molar-refractivity contribution in [2.75, 3.05) is 5.73 Å². The van der Waals surface area contributed by atoms with Crippen LogP contribution in [0.4, 0.5) is 5.00 Å². The standard InChI is InChI=1S/C9H10N2S.N/c10-5-7-6-3-1-2-4-8(6)12-9(7)11;/h1-4,11H2;. The van der Waals surface area contributed by atoms with Gasteiger partial charge in [0.25, 0.3) is 0 Å². The fraction of sp³-hybridized carbons (Fsp3) is 0.444. The molecule has 0 amide bonds. The zero-order chi connectivity index (χ0) is 8.55. The summed E-state index contributed by atoms with van der Waals surface area (Å²) in [7, 11) is 0. The fourth-order valence-electron chi connectivity index (χ4n) is 1.71. The minimum atomic E-state index is 0. The minimum absolute atomic E-state index is 0. The van der Waals surface area contributed by atoms with Crippen LogP contribution in [0.3, 0.4) is 0 Å². The second kappa shape index (κ2) is 3.77. The summed E-state index contributed by atoms with van der Waals surface area (Å²) in [5, 5.41) is 9.55. The number of nitriles is 1. The highest BCUT2D eigenvalue weighted by Crippen LogP contribution is 2.35. The lowest BCUT2D eigenvalue weighted by atomic mass is 9.96. The van der Waals surface area contributed by atoms with E-state index in [0.29, 0.717) is 5.00 Å². The van der Waals surface area contributed by atoms with Crippen molar-refractivity contribution < 1.29 is 0 Å². The van der Waals surface area contributed by atoms with Crippen LogP contribution in [0, 0.1) is 11.3 Å². The molecule has 1 aromatic rings. The highest BCUT2D eigenvalue weighted by molar-refractivity contribution is 7.16. The Balaban J connectivity index is 0.000000845. The van der Waals surface area contributed by atoms with Crippen molar-refractivity contribution in [1.29, 1.82) is 5.26 Å². The number of aryl methyl sites for hydroxylation is 1. The molecule has 0 spiro atoms. The Labute approximate surface area is 81.8 Å². The summed E-state index contributed by atoms with van der Waals surface area (Å²) >= 11 is 1.60. The first kappa shape index (κ1) is 10.0. The van der Waals surface area contributed by atoms with Crippen LogP contribution >= 0.6 is 11.3 Å². The number of anilines is 1. The lowest BCUT2D eigenvalue weighted by molar-refractivity contribution is 0.696. The second-order valence-corrected chi connectivity index (χ2v) is 4.20. The Morgan fingerprint density at radius 1 is 1.31 bits per heavy atom. The lowest BCUT2D eigenvalue weighted by Gasteiger charge is -2.09. The first-order valence-corrected chi connectivity index (χ1v) is 4.94. The van der Waals surface area contributed by atoms with Crippen molar-refractivity contribution in [3.05, 3.63) is 16.0 Å². The van der Waals surface area contributed by atoms with Gasteiger partial charge in [-0.05, 0) is 31.2 Å². The summed E-state index contributed by atoms with van der Waals surface area (Å²) in [6, 6.07) is 2.19. The second-order valence-electron chi connectivity index (χ2n) is 3.06. The molecule has 1 heterocycles. The Bertz CT molecular complexity index is 348. The third-order valence-corrected chi connectivity index (χ3v) is 3.43. The number of thiophene rings is 1. The van der Waals surface area contributed by atoms with Gasteiger partial charge < -0.3 is 5.73 Å². The van der Waals surface area contributed by atoms with Crippen LogP contribution in [0.2, 0.25) is 0 Å². The fourth-order valence-corrected chi connectivity index (χ4v) is 2.82. The summed E-state index contributed by atoms with van der Waals surface area (Å²) in [5.41, 5.74) is 7.70. The van der Waals surface area contributed by atoms with Gasteiger partial charge in [0, 0.05) is 11.0 Å². The molecule has 1 aliphatic rings. The average Bonchev–Trinajstić information content (AvgIpc) is 2.40. The van der Waals surface area contributed by atoms with E-state index in [1.165, 1.54) is 23.3 Å². The molecule has 2 rings (SSSR count). The van der Waals surface area contributed by atoms with Gasteiger partial charge >= 0.3 is 0 Å². The molecule has 0 aliphatic heterocycles. The molecule has 0 saturated carbocycles. The Hall–Kier alpha value is -1.05. The molecule has 67 valence electrons. The molecule has 3 radical (unpaired) electrons. The number of hydrogen-bond acceptors (Lipinski definition) is 3. The molecule has 0 aromatic carbocycles. The van der Waals surface area contributed by atoms with Crippen LogP contribution in [0.1, 0.15) is 28.8 Å². The van der Waals surface area contributed by atoms with E-state index in [0.717, 1.165) is 18.4 Å². The van der Waals surface area contributed by atoms with Gasteiger partial charge in [0.2, 0.25) is 0 Å². The van der Waals surface area contributed by atoms with Gasteiger partial charge in [-0.25, -0.2) is 0 Å². The summed E-state index contributed by atoms with van der Waals surface area (Å²) in [4.78, 5) is 1.34. The predicted octanol–water partition coefficient (Wildman–Crippen LogP) is 1.60. The van der Waals surface area contributed by atoms with Gasteiger partial charge in [-0.3, -0.25) is 0 Å². The van der Waals surface area contributed by atoms with Gasteiger partial charge in [0.1, 0.15) is 11.1 Å². The van der Waals surface area contributed by atoms with Crippen molar-refractivity contribution in [3.63, 3.8) is 0 Å². The first-order chi connectivity index (χ1) is 5.83. The topological polar surface area (TPSA) is 80.3 Å². The van der Waals surface area contributed by atoms with Crippen molar-refractivity contribution in [2.45, 2.75) is 25.7 Å².